The molecule has 0 bridgehead atoms. The van der Waals surface area contributed by atoms with E-state index in [9.17, 15) is 0 Å². The van der Waals surface area contributed by atoms with E-state index in [1.165, 1.54) is 19.3 Å². The van der Waals surface area contributed by atoms with Crippen LogP contribution in [0.15, 0.2) is 22.7 Å². The molecule has 1 fully saturated rings. The molecule has 0 N–H and O–H groups in total. The smallest absolute Gasteiger partial charge is 0.127 e. The predicted octanol–water partition coefficient (Wildman–Crippen LogP) is 5.06. The highest BCUT2D eigenvalue weighted by atomic mass is 79.9. The third-order valence-corrected chi connectivity index (χ3v) is 4.73. The van der Waals surface area contributed by atoms with Gasteiger partial charge in [-0.1, -0.05) is 15.9 Å². The molecule has 2 aromatic rings. The molecule has 0 radical (unpaired) electrons. The maximum atomic E-state index is 6.31. The molecule has 114 valence electrons. The van der Waals surface area contributed by atoms with Gasteiger partial charge >= 0.3 is 0 Å². The van der Waals surface area contributed by atoms with Crippen LogP contribution in [0.5, 0.6) is 0 Å². The summed E-state index contributed by atoms with van der Waals surface area (Å²) >= 11 is 9.86. The standard InChI is InChI=1S/C16H20BrClN2O/c1-11(18)16-19-14-6-5-12(17)10-15(14)20(16)8-7-13-4-2-3-9-21-13/h5-6,10-11,13H,2-4,7-9H2,1H3. The molecule has 2 unspecified atom stereocenters. The average molecular weight is 372 g/mol. The van der Waals surface area contributed by atoms with Crippen molar-refractivity contribution in [3.63, 3.8) is 0 Å². The van der Waals surface area contributed by atoms with E-state index in [-0.39, 0.29) is 5.38 Å². The fraction of sp³-hybridized carbons (Fsp3) is 0.562. The predicted molar refractivity (Wildman–Crippen MR) is 89.9 cm³/mol. The van der Waals surface area contributed by atoms with Crippen molar-refractivity contribution in [1.82, 2.24) is 9.55 Å². The van der Waals surface area contributed by atoms with E-state index in [1.54, 1.807) is 0 Å². The van der Waals surface area contributed by atoms with Crippen LogP contribution in [0.3, 0.4) is 0 Å². The van der Waals surface area contributed by atoms with Crippen LogP contribution in [0.2, 0.25) is 0 Å². The summed E-state index contributed by atoms with van der Waals surface area (Å²) in [7, 11) is 0. The number of benzene rings is 1. The second-order valence-electron chi connectivity index (χ2n) is 5.65. The number of aryl methyl sites for hydroxylation is 1. The van der Waals surface area contributed by atoms with Gasteiger partial charge in [-0.05, 0) is 50.8 Å². The first-order valence-corrected chi connectivity index (χ1v) is 8.79. The largest absolute Gasteiger partial charge is 0.378 e. The van der Waals surface area contributed by atoms with Gasteiger partial charge in [-0.2, -0.15) is 0 Å². The number of imidazole rings is 1. The van der Waals surface area contributed by atoms with E-state index >= 15 is 0 Å². The third-order valence-electron chi connectivity index (χ3n) is 4.04. The second kappa shape index (κ2) is 6.67. The van der Waals surface area contributed by atoms with Gasteiger partial charge < -0.3 is 9.30 Å². The van der Waals surface area contributed by atoms with Crippen LogP contribution in [0.1, 0.15) is 43.8 Å². The average Bonchev–Trinajstić information content (AvgIpc) is 2.84. The van der Waals surface area contributed by atoms with Gasteiger partial charge in [0.05, 0.1) is 22.5 Å². The topological polar surface area (TPSA) is 27.1 Å². The van der Waals surface area contributed by atoms with Crippen molar-refractivity contribution < 1.29 is 4.74 Å². The number of fused-ring (bicyclic) bond motifs is 1. The maximum Gasteiger partial charge on any atom is 0.127 e. The Kier molecular flexibility index (Phi) is 4.87. The first kappa shape index (κ1) is 15.3. The highest BCUT2D eigenvalue weighted by Crippen LogP contribution is 2.28. The third kappa shape index (κ3) is 3.43. The summed E-state index contributed by atoms with van der Waals surface area (Å²) in [6.45, 7) is 3.79. The number of hydrogen-bond acceptors (Lipinski definition) is 2. The molecule has 0 aliphatic carbocycles. The number of rotatable bonds is 4. The van der Waals surface area contributed by atoms with Gasteiger partial charge in [0.25, 0.3) is 0 Å². The fourth-order valence-electron chi connectivity index (χ4n) is 2.96. The minimum Gasteiger partial charge on any atom is -0.378 e. The van der Waals surface area contributed by atoms with Crippen molar-refractivity contribution in [2.75, 3.05) is 6.61 Å². The SMILES string of the molecule is CC(Cl)c1nc2ccc(Br)cc2n1CCC1CCCCO1. The van der Waals surface area contributed by atoms with Crippen LogP contribution >= 0.6 is 27.5 Å². The Bertz CT molecular complexity index is 620. The van der Waals surface area contributed by atoms with E-state index in [4.69, 9.17) is 16.3 Å². The lowest BCUT2D eigenvalue weighted by Crippen LogP contribution is -2.21. The summed E-state index contributed by atoms with van der Waals surface area (Å²) in [5.74, 6) is 0.945. The van der Waals surface area contributed by atoms with Gasteiger partial charge in [0.1, 0.15) is 5.82 Å². The maximum absolute atomic E-state index is 6.31. The number of alkyl halides is 1. The van der Waals surface area contributed by atoms with Crippen LogP contribution in [0, 0.1) is 0 Å². The molecule has 2 heterocycles. The van der Waals surface area contributed by atoms with E-state index in [1.807, 2.05) is 19.1 Å². The minimum atomic E-state index is -0.0940. The molecule has 1 saturated heterocycles. The molecular formula is C16H20BrClN2O. The molecule has 1 aromatic heterocycles. The number of nitrogens with zero attached hydrogens (tertiary/aromatic N) is 2. The molecule has 0 spiro atoms. The summed E-state index contributed by atoms with van der Waals surface area (Å²) < 4.78 is 9.15. The monoisotopic (exact) mass is 370 g/mol. The summed E-state index contributed by atoms with van der Waals surface area (Å²) in [6.07, 6.45) is 5.04. The zero-order valence-corrected chi connectivity index (χ0v) is 14.5. The molecule has 0 amide bonds. The highest BCUT2D eigenvalue weighted by Gasteiger charge is 2.18. The van der Waals surface area contributed by atoms with E-state index in [0.717, 1.165) is 40.9 Å². The lowest BCUT2D eigenvalue weighted by molar-refractivity contribution is 0.00886. The zero-order chi connectivity index (χ0) is 14.8. The lowest BCUT2D eigenvalue weighted by atomic mass is 10.1. The Labute approximate surface area is 138 Å². The highest BCUT2D eigenvalue weighted by molar-refractivity contribution is 9.10. The lowest BCUT2D eigenvalue weighted by Gasteiger charge is -2.23. The van der Waals surface area contributed by atoms with Crippen LogP contribution in [0.4, 0.5) is 0 Å². The number of hydrogen-bond donors (Lipinski definition) is 0. The van der Waals surface area contributed by atoms with Gasteiger partial charge in [0.15, 0.2) is 0 Å². The van der Waals surface area contributed by atoms with Crippen molar-refractivity contribution in [1.29, 1.82) is 0 Å². The van der Waals surface area contributed by atoms with Crippen molar-refractivity contribution in [2.45, 2.75) is 50.6 Å². The van der Waals surface area contributed by atoms with Crippen molar-refractivity contribution in [3.05, 3.63) is 28.5 Å². The number of halogens is 2. The van der Waals surface area contributed by atoms with E-state index < -0.39 is 0 Å². The van der Waals surface area contributed by atoms with Gasteiger partial charge in [0, 0.05) is 17.6 Å². The Balaban J connectivity index is 1.87. The van der Waals surface area contributed by atoms with Crippen LogP contribution in [-0.2, 0) is 11.3 Å². The van der Waals surface area contributed by atoms with Gasteiger partial charge in [-0.25, -0.2) is 4.98 Å². The van der Waals surface area contributed by atoms with Crippen LogP contribution in [0.25, 0.3) is 11.0 Å². The summed E-state index contributed by atoms with van der Waals surface area (Å²) in [5, 5.41) is -0.0940. The minimum absolute atomic E-state index is 0.0940. The van der Waals surface area contributed by atoms with Crippen LogP contribution in [-0.4, -0.2) is 22.3 Å². The van der Waals surface area contributed by atoms with Crippen LogP contribution < -0.4 is 0 Å². The van der Waals surface area contributed by atoms with Crippen molar-refractivity contribution in [3.8, 4) is 0 Å². The van der Waals surface area contributed by atoms with Gasteiger partial charge in [0.2, 0.25) is 0 Å². The molecule has 3 rings (SSSR count). The molecule has 3 nitrogen and oxygen atoms in total. The first-order chi connectivity index (χ1) is 10.1. The molecule has 2 atom stereocenters. The molecule has 1 aliphatic rings. The van der Waals surface area contributed by atoms with Gasteiger partial charge in [-0.3, -0.25) is 0 Å². The number of ether oxygens (including phenoxy) is 1. The Morgan fingerprint density at radius 3 is 3.05 bits per heavy atom. The molecule has 21 heavy (non-hydrogen) atoms. The quantitative estimate of drug-likeness (QED) is 0.703. The van der Waals surface area contributed by atoms with Crippen molar-refractivity contribution >= 4 is 38.6 Å². The molecule has 0 saturated carbocycles. The normalized spacial score (nSPS) is 20.8. The summed E-state index contributed by atoms with van der Waals surface area (Å²) in [6, 6.07) is 6.18. The molecule has 5 heteroatoms. The zero-order valence-electron chi connectivity index (χ0n) is 12.2. The second-order valence-corrected chi connectivity index (χ2v) is 7.22. The van der Waals surface area contributed by atoms with E-state index in [0.29, 0.717) is 6.10 Å². The van der Waals surface area contributed by atoms with E-state index in [2.05, 4.69) is 31.5 Å². The Hall–Kier alpha value is -0.580. The number of aromatic nitrogens is 2. The molecule has 1 aliphatic heterocycles. The summed E-state index contributed by atoms with van der Waals surface area (Å²) in [4.78, 5) is 4.69. The summed E-state index contributed by atoms with van der Waals surface area (Å²) in [5.41, 5.74) is 2.15. The Morgan fingerprint density at radius 2 is 2.33 bits per heavy atom. The van der Waals surface area contributed by atoms with Crippen molar-refractivity contribution in [2.24, 2.45) is 0 Å². The first-order valence-electron chi connectivity index (χ1n) is 7.56. The molecule has 1 aromatic carbocycles. The fourth-order valence-corrected chi connectivity index (χ4v) is 3.48. The molecular weight excluding hydrogens is 352 g/mol. The Morgan fingerprint density at radius 1 is 1.48 bits per heavy atom. The van der Waals surface area contributed by atoms with Gasteiger partial charge in [-0.15, -0.1) is 11.6 Å².